The Hall–Kier alpha value is -1.39. The molecule has 1 aromatic rings. The van der Waals surface area contributed by atoms with Crippen LogP contribution < -0.4 is 5.73 Å². The number of hydrogen-bond acceptors (Lipinski definition) is 4. The van der Waals surface area contributed by atoms with E-state index in [1.165, 1.54) is 6.92 Å². The van der Waals surface area contributed by atoms with Gasteiger partial charge in [-0.2, -0.15) is 0 Å². The van der Waals surface area contributed by atoms with Crippen LogP contribution in [-0.4, -0.2) is 22.6 Å². The van der Waals surface area contributed by atoms with Crippen molar-refractivity contribution < 1.29 is 15.0 Å². The number of hydrogen-bond donors (Lipinski definition) is 3. The molecule has 0 aliphatic heterocycles. The van der Waals surface area contributed by atoms with Crippen molar-refractivity contribution in [2.45, 2.75) is 26.0 Å². The molecule has 2 atom stereocenters. The molecule has 4 heteroatoms. The quantitative estimate of drug-likeness (QED) is 0.646. The Labute approximate surface area is 88.3 Å². The number of carbonyl (C=O) groups excluding carboxylic acids is 1. The SMILES string of the molecule is Cc1cc(C=O)c(O)c([C@@H](N)[C@@H](C)O)c1. The van der Waals surface area contributed by atoms with Crippen molar-refractivity contribution >= 4 is 6.29 Å². The van der Waals surface area contributed by atoms with Crippen LogP contribution in [0.25, 0.3) is 0 Å². The summed E-state index contributed by atoms with van der Waals surface area (Å²) in [7, 11) is 0. The van der Waals surface area contributed by atoms with Gasteiger partial charge in [-0.3, -0.25) is 4.79 Å². The van der Waals surface area contributed by atoms with Gasteiger partial charge in [0.1, 0.15) is 5.75 Å². The summed E-state index contributed by atoms with van der Waals surface area (Å²) in [6, 6.07) is 2.55. The molecule has 0 radical (unpaired) electrons. The van der Waals surface area contributed by atoms with Gasteiger partial charge in [-0.25, -0.2) is 0 Å². The number of benzene rings is 1. The summed E-state index contributed by atoms with van der Waals surface area (Å²) in [5.41, 5.74) is 7.12. The highest BCUT2D eigenvalue weighted by Crippen LogP contribution is 2.29. The van der Waals surface area contributed by atoms with Crippen LogP contribution in [0.2, 0.25) is 0 Å². The van der Waals surface area contributed by atoms with Crippen LogP contribution in [0.3, 0.4) is 0 Å². The van der Waals surface area contributed by atoms with Gasteiger partial charge in [-0.1, -0.05) is 6.07 Å². The molecule has 0 bridgehead atoms. The van der Waals surface area contributed by atoms with Crippen LogP contribution in [0, 0.1) is 6.92 Å². The Kier molecular flexibility index (Phi) is 3.44. The molecule has 0 saturated heterocycles. The minimum absolute atomic E-state index is 0.149. The molecule has 0 saturated carbocycles. The number of aldehydes is 1. The van der Waals surface area contributed by atoms with E-state index in [1.807, 2.05) is 0 Å². The molecular weight excluding hydrogens is 194 g/mol. The van der Waals surface area contributed by atoms with Crippen LogP contribution in [0.5, 0.6) is 5.75 Å². The highest BCUT2D eigenvalue weighted by molar-refractivity contribution is 5.80. The monoisotopic (exact) mass is 209 g/mol. The largest absolute Gasteiger partial charge is 0.507 e. The van der Waals surface area contributed by atoms with Gasteiger partial charge in [-0.05, 0) is 25.5 Å². The fourth-order valence-corrected chi connectivity index (χ4v) is 1.44. The number of rotatable bonds is 3. The highest BCUT2D eigenvalue weighted by atomic mass is 16.3. The van der Waals surface area contributed by atoms with Gasteiger partial charge in [-0.15, -0.1) is 0 Å². The molecule has 15 heavy (non-hydrogen) atoms. The van der Waals surface area contributed by atoms with E-state index in [0.717, 1.165) is 5.56 Å². The molecule has 4 N–H and O–H groups in total. The minimum Gasteiger partial charge on any atom is -0.507 e. The number of aliphatic hydroxyl groups excluding tert-OH is 1. The maximum atomic E-state index is 10.7. The zero-order chi connectivity index (χ0) is 11.6. The number of phenolic OH excluding ortho intramolecular Hbond substituents is 1. The van der Waals surface area contributed by atoms with Crippen molar-refractivity contribution in [2.75, 3.05) is 0 Å². The van der Waals surface area contributed by atoms with E-state index in [9.17, 15) is 15.0 Å². The van der Waals surface area contributed by atoms with Gasteiger partial charge >= 0.3 is 0 Å². The van der Waals surface area contributed by atoms with E-state index in [1.54, 1.807) is 19.1 Å². The summed E-state index contributed by atoms with van der Waals surface area (Å²) in [6.07, 6.45) is -0.210. The summed E-state index contributed by atoms with van der Waals surface area (Å²) in [6.45, 7) is 3.33. The second kappa shape index (κ2) is 4.42. The van der Waals surface area contributed by atoms with Gasteiger partial charge < -0.3 is 15.9 Å². The average Bonchev–Trinajstić information content (AvgIpc) is 2.19. The van der Waals surface area contributed by atoms with Crippen molar-refractivity contribution in [1.82, 2.24) is 0 Å². The van der Waals surface area contributed by atoms with E-state index in [2.05, 4.69) is 0 Å². The molecule has 1 rings (SSSR count). The molecule has 0 fully saturated rings. The third-order valence-corrected chi connectivity index (χ3v) is 2.32. The molecule has 0 amide bonds. The molecular formula is C11H15NO3. The molecule has 0 spiro atoms. The van der Waals surface area contributed by atoms with E-state index in [0.29, 0.717) is 11.8 Å². The average molecular weight is 209 g/mol. The number of carbonyl (C=O) groups is 1. The van der Waals surface area contributed by atoms with E-state index in [-0.39, 0.29) is 11.3 Å². The van der Waals surface area contributed by atoms with Crippen molar-refractivity contribution in [3.63, 3.8) is 0 Å². The standard InChI is InChI=1S/C11H15NO3/c1-6-3-8(5-13)11(15)9(4-6)10(12)7(2)14/h3-5,7,10,14-15H,12H2,1-2H3/t7-,10+/m1/s1. The van der Waals surface area contributed by atoms with Crippen molar-refractivity contribution in [3.8, 4) is 5.75 Å². The summed E-state index contributed by atoms with van der Waals surface area (Å²) >= 11 is 0. The van der Waals surface area contributed by atoms with Gasteiger partial charge in [0.25, 0.3) is 0 Å². The van der Waals surface area contributed by atoms with E-state index in [4.69, 9.17) is 5.73 Å². The Balaban J connectivity index is 3.28. The van der Waals surface area contributed by atoms with Crippen LogP contribution >= 0.6 is 0 Å². The fraction of sp³-hybridized carbons (Fsp3) is 0.364. The lowest BCUT2D eigenvalue weighted by Crippen LogP contribution is -2.23. The Bertz CT molecular complexity index is 374. The lowest BCUT2D eigenvalue weighted by Gasteiger charge is -2.17. The maximum absolute atomic E-state index is 10.7. The summed E-state index contributed by atoms with van der Waals surface area (Å²) in [5, 5.41) is 19.0. The minimum atomic E-state index is -0.780. The predicted octanol–water partition coefficient (Wildman–Crippen LogP) is 0.894. The Morgan fingerprint density at radius 2 is 2.07 bits per heavy atom. The Morgan fingerprint density at radius 1 is 1.47 bits per heavy atom. The molecule has 0 aromatic heterocycles. The van der Waals surface area contributed by atoms with E-state index < -0.39 is 12.1 Å². The third-order valence-electron chi connectivity index (χ3n) is 2.32. The first-order chi connectivity index (χ1) is 6.97. The van der Waals surface area contributed by atoms with Crippen LogP contribution in [-0.2, 0) is 0 Å². The topological polar surface area (TPSA) is 83.5 Å². The predicted molar refractivity (Wildman–Crippen MR) is 56.8 cm³/mol. The zero-order valence-electron chi connectivity index (χ0n) is 8.77. The summed E-state index contributed by atoms with van der Waals surface area (Å²) in [4.78, 5) is 10.7. The molecule has 82 valence electrons. The van der Waals surface area contributed by atoms with Crippen molar-refractivity contribution in [2.24, 2.45) is 5.73 Å². The summed E-state index contributed by atoms with van der Waals surface area (Å²) in [5.74, 6) is -0.149. The fourth-order valence-electron chi connectivity index (χ4n) is 1.44. The van der Waals surface area contributed by atoms with Crippen LogP contribution in [0.4, 0.5) is 0 Å². The van der Waals surface area contributed by atoms with Crippen LogP contribution in [0.15, 0.2) is 12.1 Å². The third kappa shape index (κ3) is 2.34. The van der Waals surface area contributed by atoms with Gasteiger partial charge in [0.15, 0.2) is 6.29 Å². The van der Waals surface area contributed by atoms with Gasteiger partial charge in [0.05, 0.1) is 17.7 Å². The molecule has 0 aliphatic rings. The summed E-state index contributed by atoms with van der Waals surface area (Å²) < 4.78 is 0. The lowest BCUT2D eigenvalue weighted by molar-refractivity contribution is 0.111. The molecule has 1 aromatic carbocycles. The zero-order valence-corrected chi connectivity index (χ0v) is 8.77. The highest BCUT2D eigenvalue weighted by Gasteiger charge is 2.18. The molecule has 0 unspecified atom stereocenters. The number of aromatic hydroxyl groups is 1. The second-order valence-corrected chi connectivity index (χ2v) is 3.68. The normalized spacial score (nSPS) is 14.7. The van der Waals surface area contributed by atoms with Crippen molar-refractivity contribution in [3.05, 3.63) is 28.8 Å². The molecule has 0 heterocycles. The molecule has 4 nitrogen and oxygen atoms in total. The number of nitrogens with two attached hydrogens (primary N) is 1. The number of aryl methyl sites for hydroxylation is 1. The maximum Gasteiger partial charge on any atom is 0.153 e. The van der Waals surface area contributed by atoms with Crippen LogP contribution in [0.1, 0.15) is 34.5 Å². The van der Waals surface area contributed by atoms with E-state index >= 15 is 0 Å². The van der Waals surface area contributed by atoms with Crippen molar-refractivity contribution in [1.29, 1.82) is 0 Å². The first-order valence-electron chi connectivity index (χ1n) is 4.69. The van der Waals surface area contributed by atoms with Gasteiger partial charge in [0.2, 0.25) is 0 Å². The first-order valence-corrected chi connectivity index (χ1v) is 4.69. The first kappa shape index (κ1) is 11.7. The van der Waals surface area contributed by atoms with Gasteiger partial charge in [0, 0.05) is 5.56 Å². The smallest absolute Gasteiger partial charge is 0.153 e. The number of aliphatic hydroxyl groups is 1. The molecule has 0 aliphatic carbocycles. The Morgan fingerprint density at radius 3 is 2.53 bits per heavy atom. The second-order valence-electron chi connectivity index (χ2n) is 3.68. The number of phenols is 1. The lowest BCUT2D eigenvalue weighted by atomic mass is 9.97.